The quantitative estimate of drug-likeness (QED) is 0.775. The Bertz CT molecular complexity index is 744. The molecule has 11 heteroatoms. The van der Waals surface area contributed by atoms with Crippen LogP contribution < -0.4 is 11.2 Å². The van der Waals surface area contributed by atoms with Crippen molar-refractivity contribution in [1.29, 1.82) is 0 Å². The third-order valence-electron chi connectivity index (χ3n) is 3.65. The molecule has 0 bridgehead atoms. The van der Waals surface area contributed by atoms with Gasteiger partial charge in [0.2, 0.25) is 0 Å². The average molecular weight is 336 g/mol. The molecule has 22 heavy (non-hydrogen) atoms. The van der Waals surface area contributed by atoms with Crippen LogP contribution in [-0.4, -0.2) is 41.1 Å². The summed E-state index contributed by atoms with van der Waals surface area (Å²) < 4.78 is 48.1. The third kappa shape index (κ3) is 2.37. The summed E-state index contributed by atoms with van der Waals surface area (Å²) in [6.45, 7) is 0.953. The molecule has 0 unspecified atom stereocenters. The lowest BCUT2D eigenvalue weighted by atomic mass is 9.98. The predicted molar refractivity (Wildman–Crippen MR) is 70.2 cm³/mol. The second-order valence-corrected chi connectivity index (χ2v) is 6.88. The van der Waals surface area contributed by atoms with Gasteiger partial charge in [0, 0.05) is 19.4 Å². The minimum absolute atomic E-state index is 0.204. The van der Waals surface area contributed by atoms with E-state index in [1.54, 1.807) is 0 Å². The normalized spacial score (nSPS) is 41.3. The van der Waals surface area contributed by atoms with Crippen molar-refractivity contribution in [3.05, 3.63) is 33.1 Å². The number of fused-ring (bicyclic) bond motifs is 1. The largest absolute Gasteiger partial charge is 0.475 e. The van der Waals surface area contributed by atoms with E-state index in [2.05, 4.69) is 4.52 Å². The van der Waals surface area contributed by atoms with Gasteiger partial charge in [0.25, 0.3) is 5.56 Å². The molecular weight excluding hydrogens is 322 g/mol. The topological polar surface area (TPSA) is 109 Å². The molecule has 9 nitrogen and oxygen atoms in total. The molecule has 2 aliphatic rings. The van der Waals surface area contributed by atoms with Crippen molar-refractivity contribution in [2.45, 2.75) is 31.0 Å². The van der Waals surface area contributed by atoms with Gasteiger partial charge in [0.1, 0.15) is 12.2 Å². The molecule has 0 aromatic carbocycles. The number of hydrogen-bond donors (Lipinski definition) is 1. The van der Waals surface area contributed by atoms with Crippen molar-refractivity contribution in [2.24, 2.45) is 0 Å². The van der Waals surface area contributed by atoms with Crippen LogP contribution in [0.25, 0.3) is 0 Å². The fourth-order valence-corrected chi connectivity index (χ4v) is 3.75. The van der Waals surface area contributed by atoms with Gasteiger partial charge in [-0.2, -0.15) is 0 Å². The summed E-state index contributed by atoms with van der Waals surface area (Å²) in [5, 5.41) is 0. The van der Waals surface area contributed by atoms with E-state index in [0.29, 0.717) is 0 Å². The molecule has 3 heterocycles. The van der Waals surface area contributed by atoms with Crippen molar-refractivity contribution >= 4 is 7.82 Å². The van der Waals surface area contributed by atoms with Crippen molar-refractivity contribution in [3.8, 4) is 0 Å². The predicted octanol–water partition coefficient (Wildman–Crippen LogP) is 0.332. The lowest BCUT2D eigenvalue weighted by Crippen LogP contribution is -2.46. The first kappa shape index (κ1) is 15.6. The number of rotatable bonds is 2. The lowest BCUT2D eigenvalue weighted by Gasteiger charge is -2.33. The molecule has 0 amide bonds. The van der Waals surface area contributed by atoms with Crippen molar-refractivity contribution < 1.29 is 27.3 Å². The van der Waals surface area contributed by atoms with Crippen molar-refractivity contribution in [1.82, 2.24) is 9.55 Å². The summed E-state index contributed by atoms with van der Waals surface area (Å²) in [5.41, 5.74) is -3.62. The SMILES string of the molecule is CO[P@]1(=O)OC[C@H]2O[C@@H](n3ccc(=O)[nH]c3=O)[C@](C)(F)[C@@H]2O1. The van der Waals surface area contributed by atoms with Gasteiger partial charge in [0.05, 0.1) is 6.61 Å². The highest BCUT2D eigenvalue weighted by Crippen LogP contribution is 2.58. The highest BCUT2D eigenvalue weighted by molar-refractivity contribution is 7.48. The van der Waals surface area contributed by atoms with Gasteiger partial charge < -0.3 is 4.74 Å². The van der Waals surface area contributed by atoms with E-state index in [1.807, 2.05) is 4.98 Å². The molecule has 3 rings (SSSR count). The Morgan fingerprint density at radius 2 is 2.27 bits per heavy atom. The van der Waals surface area contributed by atoms with Gasteiger partial charge in [-0.1, -0.05) is 0 Å². The number of halogens is 1. The minimum Gasteiger partial charge on any atom is -0.346 e. The molecule has 0 saturated carbocycles. The number of nitrogens with one attached hydrogen (secondary N) is 1. The second-order valence-electron chi connectivity index (χ2n) is 5.15. The fourth-order valence-electron chi connectivity index (χ4n) is 2.55. The van der Waals surface area contributed by atoms with E-state index < -0.39 is 43.2 Å². The highest BCUT2D eigenvalue weighted by Gasteiger charge is 2.61. The molecule has 1 aromatic rings. The van der Waals surface area contributed by atoms with Gasteiger partial charge in [-0.25, -0.2) is 13.8 Å². The zero-order valence-electron chi connectivity index (χ0n) is 11.7. The molecular formula is C11H14FN2O7P. The van der Waals surface area contributed by atoms with Crippen LogP contribution in [0.2, 0.25) is 0 Å². The van der Waals surface area contributed by atoms with Gasteiger partial charge in [-0.05, 0) is 6.92 Å². The maximum atomic E-state index is 15.1. The average Bonchev–Trinajstić information content (AvgIpc) is 2.71. The molecule has 0 spiro atoms. The Kier molecular flexibility index (Phi) is 3.61. The monoisotopic (exact) mass is 336 g/mol. The minimum atomic E-state index is -3.85. The first-order chi connectivity index (χ1) is 10.3. The summed E-state index contributed by atoms with van der Waals surface area (Å²) >= 11 is 0. The first-order valence-corrected chi connectivity index (χ1v) is 7.87. The van der Waals surface area contributed by atoms with Crippen LogP contribution in [0.5, 0.6) is 0 Å². The maximum absolute atomic E-state index is 15.1. The van der Waals surface area contributed by atoms with Crippen LogP contribution >= 0.6 is 7.82 Å². The zero-order valence-corrected chi connectivity index (χ0v) is 12.6. The number of hydrogen-bond acceptors (Lipinski definition) is 7. The lowest BCUT2D eigenvalue weighted by molar-refractivity contribution is -0.0708. The molecule has 0 radical (unpaired) electrons. The summed E-state index contributed by atoms with van der Waals surface area (Å²) in [5.74, 6) is 0. The number of nitrogens with zero attached hydrogens (tertiary/aromatic N) is 1. The Morgan fingerprint density at radius 1 is 1.55 bits per heavy atom. The molecule has 122 valence electrons. The summed E-state index contributed by atoms with van der Waals surface area (Å²) in [4.78, 5) is 24.9. The Balaban J connectivity index is 1.98. The van der Waals surface area contributed by atoms with Crippen molar-refractivity contribution in [2.75, 3.05) is 13.7 Å². The number of aromatic nitrogens is 2. The number of ether oxygens (including phenoxy) is 1. The van der Waals surface area contributed by atoms with Gasteiger partial charge >= 0.3 is 13.5 Å². The first-order valence-electron chi connectivity index (χ1n) is 6.41. The van der Waals surface area contributed by atoms with Crippen LogP contribution in [0.3, 0.4) is 0 Å². The van der Waals surface area contributed by atoms with E-state index in [9.17, 15) is 14.2 Å². The molecule has 1 N–H and O–H groups in total. The van der Waals surface area contributed by atoms with Crippen LogP contribution in [0.15, 0.2) is 21.9 Å². The standard InChI is InChI=1S/C11H14FN2O7P/c1-11(12)8-6(5-19-22(17,18-2)21-8)20-9(11)14-4-3-7(15)13-10(14)16/h3-4,6,8-9H,5H2,1-2H3,(H,13,15,16)/t6-,8-,9-,11-,22-/m1/s1. The van der Waals surface area contributed by atoms with Crippen LogP contribution in [0, 0.1) is 0 Å². The molecule has 2 aliphatic heterocycles. The third-order valence-corrected chi connectivity index (χ3v) is 5.05. The number of phosphoric acid groups is 1. The number of phosphoric ester groups is 1. The molecule has 2 fully saturated rings. The van der Waals surface area contributed by atoms with E-state index in [-0.39, 0.29) is 6.61 Å². The Morgan fingerprint density at radius 3 is 2.91 bits per heavy atom. The molecule has 1 aromatic heterocycles. The highest BCUT2D eigenvalue weighted by atomic mass is 31.2. The summed E-state index contributed by atoms with van der Waals surface area (Å²) in [6.07, 6.45) is -2.34. The van der Waals surface area contributed by atoms with Crippen molar-refractivity contribution in [3.63, 3.8) is 0 Å². The number of H-pyrrole nitrogens is 1. The zero-order chi connectivity index (χ0) is 16.1. The van der Waals surface area contributed by atoms with Crippen LogP contribution in [0.4, 0.5) is 4.39 Å². The number of aromatic amines is 1. The van der Waals surface area contributed by atoms with E-state index in [4.69, 9.17) is 13.8 Å². The smallest absolute Gasteiger partial charge is 0.346 e. The van der Waals surface area contributed by atoms with Gasteiger partial charge in [-0.15, -0.1) is 0 Å². The fraction of sp³-hybridized carbons (Fsp3) is 0.636. The van der Waals surface area contributed by atoms with E-state index >= 15 is 4.39 Å². The Labute approximate surface area is 123 Å². The molecule has 0 aliphatic carbocycles. The molecule has 5 atom stereocenters. The van der Waals surface area contributed by atoms with E-state index in [0.717, 1.165) is 30.9 Å². The second kappa shape index (κ2) is 5.10. The van der Waals surface area contributed by atoms with Gasteiger partial charge in [0.15, 0.2) is 11.9 Å². The summed E-state index contributed by atoms with van der Waals surface area (Å²) in [7, 11) is -2.73. The summed E-state index contributed by atoms with van der Waals surface area (Å²) in [6, 6.07) is 1.07. The Hall–Kier alpha value is -1.32. The van der Waals surface area contributed by atoms with E-state index in [1.165, 1.54) is 0 Å². The number of alkyl halides is 1. The van der Waals surface area contributed by atoms with Gasteiger partial charge in [-0.3, -0.25) is 27.9 Å². The van der Waals surface area contributed by atoms with Crippen LogP contribution in [-0.2, 0) is 22.9 Å². The maximum Gasteiger partial charge on any atom is 0.475 e. The molecule has 2 saturated heterocycles. The van der Waals surface area contributed by atoms with Crippen LogP contribution in [0.1, 0.15) is 13.2 Å².